The van der Waals surface area contributed by atoms with Crippen LogP contribution in [0.3, 0.4) is 0 Å². The van der Waals surface area contributed by atoms with Crippen LogP contribution in [-0.4, -0.2) is 17.6 Å². The molecule has 0 aliphatic rings. The van der Waals surface area contributed by atoms with Crippen molar-refractivity contribution in [2.75, 3.05) is 6.54 Å². The lowest BCUT2D eigenvalue weighted by Gasteiger charge is -2.06. The number of unbranched alkanes of at least 4 members (excludes halogenated alkanes) is 24. The zero-order chi connectivity index (χ0) is 28.1. The number of nitrogens with one attached hydrogen (secondary N) is 1. The van der Waals surface area contributed by atoms with Crippen molar-refractivity contribution < 1.29 is 9.90 Å². The minimum Gasteiger partial charge on any atom is -0.508 e. The van der Waals surface area contributed by atoms with Crippen LogP contribution in [-0.2, 0) is 11.2 Å². The van der Waals surface area contributed by atoms with Crippen molar-refractivity contribution in [3.05, 3.63) is 29.8 Å². The Hall–Kier alpha value is -1.51. The number of rotatable bonds is 29. The maximum absolute atomic E-state index is 12.0. The van der Waals surface area contributed by atoms with E-state index in [1.165, 1.54) is 154 Å². The summed E-state index contributed by atoms with van der Waals surface area (Å²) in [5.41, 5.74) is 1.09. The summed E-state index contributed by atoms with van der Waals surface area (Å²) in [7, 11) is 0. The average Bonchev–Trinajstić information content (AvgIpc) is 2.94. The van der Waals surface area contributed by atoms with Gasteiger partial charge in [0.1, 0.15) is 5.75 Å². The third-order valence-electron chi connectivity index (χ3n) is 8.18. The fraction of sp³-hybridized carbons (Fsp3) is 0.806. The van der Waals surface area contributed by atoms with Crippen LogP contribution in [0.2, 0.25) is 0 Å². The first-order valence-electron chi connectivity index (χ1n) is 17.3. The zero-order valence-electron chi connectivity index (χ0n) is 26.0. The summed E-state index contributed by atoms with van der Waals surface area (Å²) >= 11 is 0. The Labute approximate surface area is 243 Å². The van der Waals surface area contributed by atoms with Crippen LogP contribution < -0.4 is 5.32 Å². The lowest BCUT2D eigenvalue weighted by Crippen LogP contribution is -2.24. The molecule has 2 N–H and O–H groups in total. The fourth-order valence-corrected chi connectivity index (χ4v) is 5.50. The van der Waals surface area contributed by atoms with Gasteiger partial charge in [-0.05, 0) is 30.5 Å². The molecular weight excluding hydrogens is 478 g/mol. The highest BCUT2D eigenvalue weighted by molar-refractivity contribution is 5.76. The molecule has 0 aliphatic carbocycles. The predicted octanol–water partition coefficient (Wildman–Crippen LogP) is 11.2. The second-order valence-corrected chi connectivity index (χ2v) is 12.0. The van der Waals surface area contributed by atoms with Gasteiger partial charge in [-0.3, -0.25) is 4.79 Å². The van der Waals surface area contributed by atoms with Gasteiger partial charge in [0.15, 0.2) is 0 Å². The van der Waals surface area contributed by atoms with E-state index in [0.29, 0.717) is 6.42 Å². The molecule has 39 heavy (non-hydrogen) atoms. The molecule has 0 atom stereocenters. The van der Waals surface area contributed by atoms with Crippen molar-refractivity contribution in [1.82, 2.24) is 5.32 Å². The summed E-state index contributed by atoms with van der Waals surface area (Å²) in [4.78, 5) is 12.0. The molecule has 0 bridgehead atoms. The van der Waals surface area contributed by atoms with E-state index >= 15 is 0 Å². The van der Waals surface area contributed by atoms with Crippen LogP contribution >= 0.6 is 0 Å². The van der Waals surface area contributed by atoms with E-state index in [2.05, 4.69) is 12.2 Å². The number of aryl methyl sites for hydroxylation is 1. The summed E-state index contributed by atoms with van der Waals surface area (Å²) in [5, 5.41) is 12.4. The van der Waals surface area contributed by atoms with E-state index in [0.717, 1.165) is 24.9 Å². The number of benzene rings is 1. The number of amides is 1. The molecule has 0 heterocycles. The van der Waals surface area contributed by atoms with Crippen molar-refractivity contribution in [3.63, 3.8) is 0 Å². The topological polar surface area (TPSA) is 49.3 Å². The van der Waals surface area contributed by atoms with Gasteiger partial charge < -0.3 is 10.4 Å². The maximum atomic E-state index is 12.0. The molecule has 0 fully saturated rings. The van der Waals surface area contributed by atoms with Crippen LogP contribution in [0.1, 0.15) is 179 Å². The van der Waals surface area contributed by atoms with Gasteiger partial charge in [-0.2, -0.15) is 0 Å². The summed E-state index contributed by atoms with van der Waals surface area (Å²) in [5.74, 6) is 0.404. The van der Waals surface area contributed by atoms with E-state index in [1.54, 1.807) is 12.1 Å². The highest BCUT2D eigenvalue weighted by Crippen LogP contribution is 2.16. The number of aromatic hydroxyl groups is 1. The number of hydrogen-bond donors (Lipinski definition) is 2. The van der Waals surface area contributed by atoms with Crippen molar-refractivity contribution in [2.45, 2.75) is 180 Å². The zero-order valence-corrected chi connectivity index (χ0v) is 26.0. The third kappa shape index (κ3) is 25.2. The van der Waals surface area contributed by atoms with E-state index in [9.17, 15) is 9.90 Å². The minimum atomic E-state index is 0.132. The smallest absolute Gasteiger partial charge is 0.220 e. The summed E-state index contributed by atoms with van der Waals surface area (Å²) in [6.45, 7) is 3.10. The first-order chi connectivity index (χ1) is 19.2. The molecule has 0 saturated carbocycles. The lowest BCUT2D eigenvalue weighted by atomic mass is 10.0. The quantitative estimate of drug-likeness (QED) is 0.0987. The largest absolute Gasteiger partial charge is 0.508 e. The monoisotopic (exact) mass is 544 g/mol. The van der Waals surface area contributed by atoms with E-state index in [4.69, 9.17) is 0 Å². The Balaban J connectivity index is 1.68. The highest BCUT2D eigenvalue weighted by Gasteiger charge is 2.02. The summed E-state index contributed by atoms with van der Waals surface area (Å²) < 4.78 is 0. The van der Waals surface area contributed by atoms with E-state index in [-0.39, 0.29) is 11.7 Å². The normalized spacial score (nSPS) is 11.2. The van der Waals surface area contributed by atoms with Crippen molar-refractivity contribution in [1.29, 1.82) is 0 Å². The van der Waals surface area contributed by atoms with Crippen molar-refractivity contribution >= 4 is 5.91 Å². The summed E-state index contributed by atoms with van der Waals surface area (Å²) in [6, 6.07) is 7.11. The van der Waals surface area contributed by atoms with Gasteiger partial charge in [-0.1, -0.05) is 173 Å². The number of hydrogen-bond acceptors (Lipinski definition) is 2. The molecule has 226 valence electrons. The summed E-state index contributed by atoms with van der Waals surface area (Å²) in [6.07, 6.45) is 36.5. The Morgan fingerprint density at radius 3 is 1.23 bits per heavy atom. The maximum Gasteiger partial charge on any atom is 0.220 e. The van der Waals surface area contributed by atoms with Gasteiger partial charge in [0.2, 0.25) is 5.91 Å². The van der Waals surface area contributed by atoms with Crippen LogP contribution in [0.5, 0.6) is 5.75 Å². The number of carbonyl (C=O) groups excluding carboxylic acids is 1. The number of carbonyl (C=O) groups is 1. The van der Waals surface area contributed by atoms with Gasteiger partial charge in [-0.25, -0.2) is 0 Å². The second kappa shape index (κ2) is 28.0. The highest BCUT2D eigenvalue weighted by atomic mass is 16.3. The van der Waals surface area contributed by atoms with Crippen LogP contribution in [0.25, 0.3) is 0 Å². The van der Waals surface area contributed by atoms with Gasteiger partial charge in [0, 0.05) is 13.0 Å². The molecule has 1 amide bonds. The molecule has 1 aromatic rings. The molecule has 0 radical (unpaired) electrons. The van der Waals surface area contributed by atoms with Gasteiger partial charge >= 0.3 is 0 Å². The minimum absolute atomic E-state index is 0.132. The van der Waals surface area contributed by atoms with Gasteiger partial charge in [0.25, 0.3) is 0 Å². The Morgan fingerprint density at radius 2 is 0.872 bits per heavy atom. The Morgan fingerprint density at radius 1 is 0.538 bits per heavy atom. The van der Waals surface area contributed by atoms with Crippen molar-refractivity contribution in [2.24, 2.45) is 0 Å². The predicted molar refractivity (Wildman–Crippen MR) is 171 cm³/mol. The fourth-order valence-electron chi connectivity index (χ4n) is 5.50. The first-order valence-corrected chi connectivity index (χ1v) is 17.3. The lowest BCUT2D eigenvalue weighted by molar-refractivity contribution is -0.121. The molecule has 3 heteroatoms. The van der Waals surface area contributed by atoms with Gasteiger partial charge in [0.05, 0.1) is 0 Å². The van der Waals surface area contributed by atoms with Crippen LogP contribution in [0.15, 0.2) is 24.3 Å². The molecule has 3 nitrogen and oxygen atoms in total. The third-order valence-corrected chi connectivity index (χ3v) is 8.18. The average molecular weight is 544 g/mol. The standard InChI is InChI=1S/C36H65NO2/c1-2-3-4-5-6-7-8-9-10-11-12-13-14-15-16-17-18-19-20-21-22-23-24-25-26-33-37-36(39)32-29-34-27-30-35(38)31-28-34/h27-28,30-31,38H,2-26,29,32-33H2,1H3,(H,37,39). The van der Waals surface area contributed by atoms with Crippen molar-refractivity contribution in [3.8, 4) is 5.75 Å². The Bertz CT molecular complexity index is 642. The molecule has 0 aromatic heterocycles. The molecule has 1 rings (SSSR count). The first kappa shape index (κ1) is 35.5. The number of phenolic OH excluding ortho intramolecular Hbond substituents is 1. The molecule has 0 spiro atoms. The molecular formula is C36H65NO2. The van der Waals surface area contributed by atoms with Crippen LogP contribution in [0.4, 0.5) is 0 Å². The van der Waals surface area contributed by atoms with Crippen LogP contribution in [0, 0.1) is 0 Å². The molecule has 0 unspecified atom stereocenters. The second-order valence-electron chi connectivity index (χ2n) is 12.0. The van der Waals surface area contributed by atoms with E-state index in [1.807, 2.05) is 12.1 Å². The molecule has 1 aromatic carbocycles. The number of phenols is 1. The van der Waals surface area contributed by atoms with E-state index < -0.39 is 0 Å². The van der Waals surface area contributed by atoms with Gasteiger partial charge in [-0.15, -0.1) is 0 Å². The SMILES string of the molecule is CCCCCCCCCCCCCCCCCCCCCCCCCCCNC(=O)CCc1ccc(O)cc1. The Kier molecular flexibility index (Phi) is 25.5. The molecule has 0 aliphatic heterocycles. The molecule has 0 saturated heterocycles.